The molecule has 1 aliphatic heterocycles. The molecule has 0 radical (unpaired) electrons. The lowest BCUT2D eigenvalue weighted by molar-refractivity contribution is 0.255. The van der Waals surface area contributed by atoms with Crippen molar-refractivity contribution in [3.8, 4) is 0 Å². The zero-order valence-corrected chi connectivity index (χ0v) is 11.7. The second-order valence-corrected chi connectivity index (χ2v) is 5.87. The van der Waals surface area contributed by atoms with Crippen molar-refractivity contribution in [2.45, 2.75) is 32.1 Å². The number of nitrogens with zero attached hydrogens (tertiary/aromatic N) is 1. The van der Waals surface area contributed by atoms with Crippen LogP contribution < -0.4 is 5.73 Å². The van der Waals surface area contributed by atoms with Gasteiger partial charge >= 0.3 is 0 Å². The summed E-state index contributed by atoms with van der Waals surface area (Å²) in [6, 6.07) is 9.16. The van der Waals surface area contributed by atoms with Crippen LogP contribution in [0.15, 0.2) is 24.3 Å². The molecule has 100 valence electrons. The summed E-state index contributed by atoms with van der Waals surface area (Å²) in [7, 11) is 2.22. The van der Waals surface area contributed by atoms with Gasteiger partial charge in [-0.15, -0.1) is 0 Å². The Morgan fingerprint density at radius 1 is 1.33 bits per heavy atom. The van der Waals surface area contributed by atoms with Gasteiger partial charge in [0.25, 0.3) is 0 Å². The van der Waals surface area contributed by atoms with Gasteiger partial charge in [-0.2, -0.15) is 0 Å². The van der Waals surface area contributed by atoms with Crippen molar-refractivity contribution in [2.75, 3.05) is 26.7 Å². The first kappa shape index (κ1) is 13.6. The summed E-state index contributed by atoms with van der Waals surface area (Å²) in [5.41, 5.74) is 8.69. The Morgan fingerprint density at radius 3 is 2.72 bits per heavy atom. The van der Waals surface area contributed by atoms with Gasteiger partial charge in [0.15, 0.2) is 0 Å². The fraction of sp³-hybridized carbons (Fsp3) is 0.625. The van der Waals surface area contributed by atoms with Crippen LogP contribution in [-0.4, -0.2) is 31.6 Å². The van der Waals surface area contributed by atoms with E-state index in [1.54, 1.807) is 0 Å². The molecule has 1 unspecified atom stereocenters. The SMILES string of the molecule is CC(CN)Cc1cccc(C2CCN(C)CC2)c1. The highest BCUT2D eigenvalue weighted by Crippen LogP contribution is 2.28. The van der Waals surface area contributed by atoms with Crippen LogP contribution >= 0.6 is 0 Å². The third-order valence-electron chi connectivity index (χ3n) is 4.13. The summed E-state index contributed by atoms with van der Waals surface area (Å²) in [5, 5.41) is 0. The third-order valence-corrected chi connectivity index (χ3v) is 4.13. The molecule has 0 aromatic heterocycles. The molecule has 2 nitrogen and oxygen atoms in total. The van der Waals surface area contributed by atoms with Gasteiger partial charge in [-0.25, -0.2) is 0 Å². The van der Waals surface area contributed by atoms with E-state index in [4.69, 9.17) is 5.73 Å². The Hall–Kier alpha value is -0.860. The van der Waals surface area contributed by atoms with Gasteiger partial charge in [-0.1, -0.05) is 31.2 Å². The van der Waals surface area contributed by atoms with E-state index < -0.39 is 0 Å². The molecule has 0 spiro atoms. The average molecular weight is 246 g/mol. The monoisotopic (exact) mass is 246 g/mol. The Bertz CT molecular complexity index is 367. The Kier molecular flexibility index (Phi) is 4.79. The molecule has 0 saturated carbocycles. The topological polar surface area (TPSA) is 29.3 Å². The van der Waals surface area contributed by atoms with Gasteiger partial charge in [-0.05, 0) is 68.9 Å². The van der Waals surface area contributed by atoms with Gasteiger partial charge < -0.3 is 10.6 Å². The number of hydrogen-bond acceptors (Lipinski definition) is 2. The van der Waals surface area contributed by atoms with Crippen molar-refractivity contribution in [2.24, 2.45) is 11.7 Å². The standard InChI is InChI=1S/C16H26N2/c1-13(12-17)10-14-4-3-5-16(11-14)15-6-8-18(2)9-7-15/h3-5,11,13,15H,6-10,12,17H2,1-2H3. The molecule has 1 heterocycles. The van der Waals surface area contributed by atoms with E-state index >= 15 is 0 Å². The first-order chi connectivity index (χ1) is 8.69. The van der Waals surface area contributed by atoms with Crippen LogP contribution in [0.2, 0.25) is 0 Å². The van der Waals surface area contributed by atoms with Crippen molar-refractivity contribution in [3.05, 3.63) is 35.4 Å². The molecule has 1 aromatic rings. The van der Waals surface area contributed by atoms with Crippen molar-refractivity contribution >= 4 is 0 Å². The summed E-state index contributed by atoms with van der Waals surface area (Å²) in [6.45, 7) is 5.46. The van der Waals surface area contributed by atoms with Crippen molar-refractivity contribution < 1.29 is 0 Å². The smallest absolute Gasteiger partial charge is 0.00159 e. The van der Waals surface area contributed by atoms with E-state index in [1.165, 1.54) is 37.1 Å². The fourth-order valence-electron chi connectivity index (χ4n) is 2.80. The average Bonchev–Trinajstić information content (AvgIpc) is 2.40. The maximum absolute atomic E-state index is 5.71. The summed E-state index contributed by atoms with van der Waals surface area (Å²) >= 11 is 0. The van der Waals surface area contributed by atoms with Crippen LogP contribution in [0, 0.1) is 5.92 Å². The molecule has 0 bridgehead atoms. The molecule has 2 N–H and O–H groups in total. The van der Waals surface area contributed by atoms with Crippen LogP contribution in [0.25, 0.3) is 0 Å². The van der Waals surface area contributed by atoms with Gasteiger partial charge in [0.2, 0.25) is 0 Å². The fourth-order valence-corrected chi connectivity index (χ4v) is 2.80. The minimum Gasteiger partial charge on any atom is -0.330 e. The van der Waals surface area contributed by atoms with E-state index in [0.717, 1.165) is 18.9 Å². The molecule has 1 fully saturated rings. The maximum Gasteiger partial charge on any atom is -0.00159 e. The molecule has 2 rings (SSSR count). The number of benzene rings is 1. The largest absolute Gasteiger partial charge is 0.330 e. The van der Waals surface area contributed by atoms with Gasteiger partial charge in [0.05, 0.1) is 0 Å². The number of piperidine rings is 1. The summed E-state index contributed by atoms with van der Waals surface area (Å²) in [6.07, 6.45) is 3.70. The second kappa shape index (κ2) is 6.35. The molecule has 18 heavy (non-hydrogen) atoms. The quantitative estimate of drug-likeness (QED) is 0.885. The highest BCUT2D eigenvalue weighted by Gasteiger charge is 2.18. The third kappa shape index (κ3) is 3.56. The molecule has 1 saturated heterocycles. The first-order valence-corrected chi connectivity index (χ1v) is 7.16. The lowest BCUT2D eigenvalue weighted by atomic mass is 9.88. The van der Waals surface area contributed by atoms with Crippen molar-refractivity contribution in [3.63, 3.8) is 0 Å². The molecular formula is C16H26N2. The van der Waals surface area contributed by atoms with Crippen LogP contribution in [0.3, 0.4) is 0 Å². The van der Waals surface area contributed by atoms with Crippen LogP contribution in [-0.2, 0) is 6.42 Å². The van der Waals surface area contributed by atoms with Crippen molar-refractivity contribution in [1.29, 1.82) is 0 Å². The highest BCUT2D eigenvalue weighted by molar-refractivity contribution is 5.27. The predicted molar refractivity (Wildman–Crippen MR) is 77.8 cm³/mol. The lowest BCUT2D eigenvalue weighted by Gasteiger charge is -2.29. The Morgan fingerprint density at radius 2 is 2.06 bits per heavy atom. The molecule has 1 aliphatic rings. The Balaban J connectivity index is 2.02. The van der Waals surface area contributed by atoms with Gasteiger partial charge in [0, 0.05) is 0 Å². The minimum absolute atomic E-state index is 0.581. The number of rotatable bonds is 4. The lowest BCUT2D eigenvalue weighted by Crippen LogP contribution is -2.29. The second-order valence-electron chi connectivity index (χ2n) is 5.87. The first-order valence-electron chi connectivity index (χ1n) is 7.16. The van der Waals surface area contributed by atoms with Crippen LogP contribution in [0.1, 0.15) is 36.8 Å². The predicted octanol–water partition coefficient (Wildman–Crippen LogP) is 2.63. The molecule has 0 amide bonds. The maximum atomic E-state index is 5.71. The number of likely N-dealkylation sites (tertiary alicyclic amines) is 1. The zero-order valence-electron chi connectivity index (χ0n) is 11.7. The summed E-state index contributed by atoms with van der Waals surface area (Å²) < 4.78 is 0. The van der Waals surface area contributed by atoms with Gasteiger partial charge in [-0.3, -0.25) is 0 Å². The molecule has 1 atom stereocenters. The van der Waals surface area contributed by atoms with Crippen LogP contribution in [0.5, 0.6) is 0 Å². The molecule has 2 heteroatoms. The van der Waals surface area contributed by atoms with Crippen LogP contribution in [0.4, 0.5) is 0 Å². The molecule has 0 aliphatic carbocycles. The molecule has 1 aromatic carbocycles. The minimum atomic E-state index is 0.581. The van der Waals surface area contributed by atoms with E-state index in [9.17, 15) is 0 Å². The zero-order chi connectivity index (χ0) is 13.0. The number of hydrogen-bond donors (Lipinski definition) is 1. The van der Waals surface area contributed by atoms with E-state index in [1.807, 2.05) is 0 Å². The Labute approximate surface area is 111 Å². The normalized spacial score (nSPS) is 19.9. The summed E-state index contributed by atoms with van der Waals surface area (Å²) in [4.78, 5) is 2.43. The highest BCUT2D eigenvalue weighted by atomic mass is 15.1. The number of nitrogens with two attached hydrogens (primary N) is 1. The van der Waals surface area contributed by atoms with E-state index in [0.29, 0.717) is 5.92 Å². The van der Waals surface area contributed by atoms with E-state index in [2.05, 4.69) is 43.1 Å². The summed E-state index contributed by atoms with van der Waals surface area (Å²) in [5.74, 6) is 1.34. The van der Waals surface area contributed by atoms with Gasteiger partial charge in [0.1, 0.15) is 0 Å². The van der Waals surface area contributed by atoms with Crippen molar-refractivity contribution in [1.82, 2.24) is 4.90 Å². The molecular weight excluding hydrogens is 220 g/mol. The van der Waals surface area contributed by atoms with E-state index in [-0.39, 0.29) is 0 Å².